The van der Waals surface area contributed by atoms with Crippen molar-refractivity contribution in [3.63, 3.8) is 0 Å². The topological polar surface area (TPSA) is 68.0 Å². The average Bonchev–Trinajstić information content (AvgIpc) is 2.76. The van der Waals surface area contributed by atoms with Crippen molar-refractivity contribution in [2.24, 2.45) is 0 Å². The number of carbonyl (C=O) groups excluding carboxylic acids is 1. The van der Waals surface area contributed by atoms with Crippen LogP contribution < -0.4 is 5.32 Å². The summed E-state index contributed by atoms with van der Waals surface area (Å²) < 4.78 is 41.7. The molecule has 21 heavy (non-hydrogen) atoms. The number of aromatic nitrogens is 2. The van der Waals surface area contributed by atoms with Crippen LogP contribution in [0.1, 0.15) is 27.2 Å². The standard InChI is InChI=1S/C12H9F3N3O2.Y/c1-6-3-4-8(7(2)5-6)11(19)16-10-9(12(13,14)15)17-20-18-10;/h3-4H,1-2H3,(H,16,18,19);/q-1;. The first-order valence-electron chi connectivity index (χ1n) is 5.49. The van der Waals surface area contributed by atoms with Crippen LogP contribution in [-0.2, 0) is 38.9 Å². The van der Waals surface area contributed by atoms with Gasteiger partial charge < -0.3 is 5.32 Å². The van der Waals surface area contributed by atoms with Gasteiger partial charge in [0.25, 0.3) is 0 Å². The Morgan fingerprint density at radius 2 is 1.95 bits per heavy atom. The molecule has 0 atom stereocenters. The van der Waals surface area contributed by atoms with Gasteiger partial charge in [0, 0.05) is 32.7 Å². The summed E-state index contributed by atoms with van der Waals surface area (Å²) in [7, 11) is 0. The predicted octanol–water partition coefficient (Wildman–Crippen LogP) is 2.76. The molecule has 5 nitrogen and oxygen atoms in total. The van der Waals surface area contributed by atoms with E-state index >= 15 is 0 Å². The van der Waals surface area contributed by atoms with Gasteiger partial charge in [-0.1, -0.05) is 19.4 Å². The Morgan fingerprint density at radius 3 is 2.52 bits per heavy atom. The minimum atomic E-state index is -4.75. The molecule has 109 valence electrons. The number of rotatable bonds is 2. The van der Waals surface area contributed by atoms with Crippen molar-refractivity contribution in [1.82, 2.24) is 10.3 Å². The van der Waals surface area contributed by atoms with Gasteiger partial charge in [-0.05, 0) is 10.3 Å². The monoisotopic (exact) mass is 373 g/mol. The molecular weight excluding hydrogens is 364 g/mol. The Balaban J connectivity index is 0.00000220. The second kappa shape index (κ2) is 6.66. The Hall–Kier alpha value is -1.28. The number of nitrogens with one attached hydrogen (secondary N) is 1. The number of alkyl halides is 3. The largest absolute Gasteiger partial charge is 0.440 e. The van der Waals surface area contributed by atoms with Crippen LogP contribution in [0.4, 0.5) is 19.0 Å². The van der Waals surface area contributed by atoms with Gasteiger partial charge in [-0.15, -0.1) is 0 Å². The molecule has 0 unspecified atom stereocenters. The third kappa shape index (κ3) is 4.10. The Morgan fingerprint density at radius 1 is 1.29 bits per heavy atom. The first-order valence-corrected chi connectivity index (χ1v) is 5.49. The molecule has 1 aromatic heterocycles. The van der Waals surface area contributed by atoms with E-state index in [1.54, 1.807) is 19.9 Å². The van der Waals surface area contributed by atoms with E-state index in [4.69, 9.17) is 0 Å². The number of nitrogens with zero attached hydrogens (tertiary/aromatic N) is 2. The molecule has 0 aliphatic rings. The zero-order chi connectivity index (χ0) is 14.9. The number of carbonyl (C=O) groups is 1. The number of aryl methyl sites for hydroxylation is 2. The van der Waals surface area contributed by atoms with Gasteiger partial charge in [-0.2, -0.15) is 42.5 Å². The van der Waals surface area contributed by atoms with Crippen molar-refractivity contribution in [2.45, 2.75) is 20.0 Å². The fourth-order valence-corrected chi connectivity index (χ4v) is 1.62. The van der Waals surface area contributed by atoms with Gasteiger partial charge in [-0.25, -0.2) is 4.63 Å². The smallest absolute Gasteiger partial charge is 0.312 e. The minimum absolute atomic E-state index is 0. The molecule has 0 bridgehead atoms. The predicted molar refractivity (Wildman–Crippen MR) is 62.0 cm³/mol. The second-order valence-corrected chi connectivity index (χ2v) is 4.09. The summed E-state index contributed by atoms with van der Waals surface area (Å²) in [4.78, 5) is 11.9. The molecule has 1 amide bonds. The quantitative estimate of drug-likeness (QED) is 0.823. The zero-order valence-corrected chi connectivity index (χ0v) is 13.9. The molecule has 1 N–H and O–H groups in total. The van der Waals surface area contributed by atoms with E-state index in [-0.39, 0.29) is 38.3 Å². The summed E-state index contributed by atoms with van der Waals surface area (Å²) in [6, 6.07) is 6.03. The van der Waals surface area contributed by atoms with Crippen LogP contribution in [0, 0.1) is 19.9 Å². The number of anilines is 1. The zero-order valence-electron chi connectivity index (χ0n) is 11.1. The van der Waals surface area contributed by atoms with E-state index in [2.05, 4.69) is 21.0 Å². The summed E-state index contributed by atoms with van der Waals surface area (Å²) in [5.74, 6) is -1.50. The van der Waals surface area contributed by atoms with E-state index in [0.717, 1.165) is 5.56 Å². The van der Waals surface area contributed by atoms with Crippen LogP contribution in [0.3, 0.4) is 0 Å². The molecule has 0 saturated heterocycles. The first-order chi connectivity index (χ1) is 9.29. The van der Waals surface area contributed by atoms with E-state index in [0.29, 0.717) is 5.56 Å². The second-order valence-electron chi connectivity index (χ2n) is 4.09. The van der Waals surface area contributed by atoms with E-state index < -0.39 is 23.6 Å². The molecule has 0 fully saturated rings. The molecule has 2 aromatic rings. The van der Waals surface area contributed by atoms with Crippen molar-refractivity contribution in [3.8, 4) is 0 Å². The van der Waals surface area contributed by atoms with Crippen LogP contribution in [0.15, 0.2) is 16.8 Å². The van der Waals surface area contributed by atoms with Crippen LogP contribution in [-0.4, -0.2) is 16.2 Å². The Bertz CT molecular complexity index is 655. The molecule has 0 aliphatic carbocycles. The van der Waals surface area contributed by atoms with Crippen molar-refractivity contribution in [1.29, 1.82) is 0 Å². The number of amides is 1. The minimum Gasteiger partial charge on any atom is -0.312 e. The van der Waals surface area contributed by atoms with Crippen molar-refractivity contribution < 1.29 is 55.3 Å². The number of benzene rings is 1. The number of hydrogen-bond donors (Lipinski definition) is 1. The first kappa shape index (κ1) is 17.8. The van der Waals surface area contributed by atoms with Crippen molar-refractivity contribution in [2.75, 3.05) is 5.32 Å². The fourth-order valence-electron chi connectivity index (χ4n) is 1.62. The molecule has 1 aromatic carbocycles. The summed E-state index contributed by atoms with van der Waals surface area (Å²) in [5, 5.41) is 7.81. The molecule has 9 heteroatoms. The molecule has 1 radical (unpaired) electrons. The van der Waals surface area contributed by atoms with Gasteiger partial charge >= 0.3 is 6.18 Å². The Kier molecular flexibility index (Phi) is 5.63. The van der Waals surface area contributed by atoms with Gasteiger partial charge in [0.15, 0.2) is 0 Å². The van der Waals surface area contributed by atoms with E-state index in [9.17, 15) is 18.0 Å². The maximum absolute atomic E-state index is 12.5. The van der Waals surface area contributed by atoms with Crippen molar-refractivity contribution in [3.05, 3.63) is 40.6 Å². The average molecular weight is 373 g/mol. The van der Waals surface area contributed by atoms with Gasteiger partial charge in [-0.3, -0.25) is 4.79 Å². The van der Waals surface area contributed by atoms with Gasteiger partial charge in [0.1, 0.15) is 0 Å². The van der Waals surface area contributed by atoms with Crippen LogP contribution in [0.25, 0.3) is 0 Å². The molecule has 2 rings (SSSR count). The third-order valence-corrected chi connectivity index (χ3v) is 2.52. The summed E-state index contributed by atoms with van der Waals surface area (Å²) in [6.07, 6.45) is -4.75. The number of hydrogen-bond acceptors (Lipinski definition) is 4. The molecule has 0 saturated carbocycles. The maximum Gasteiger partial charge on any atom is 0.440 e. The van der Waals surface area contributed by atoms with E-state index in [1.165, 1.54) is 6.07 Å². The van der Waals surface area contributed by atoms with Crippen LogP contribution >= 0.6 is 0 Å². The Labute approximate surface area is 143 Å². The van der Waals surface area contributed by atoms with Crippen LogP contribution in [0.2, 0.25) is 0 Å². The summed E-state index contributed by atoms with van der Waals surface area (Å²) in [5.41, 5.74) is 0.164. The normalized spacial score (nSPS) is 10.9. The molecular formula is C12H9F3N3O2Y-. The van der Waals surface area contributed by atoms with Crippen molar-refractivity contribution >= 4 is 11.7 Å². The SMILES string of the molecule is Cc1[c-]c(C)c(C(=O)Nc2nonc2C(F)(F)F)cc1.[Y]. The molecule has 0 aliphatic heterocycles. The summed E-state index contributed by atoms with van der Waals surface area (Å²) >= 11 is 0. The fraction of sp³-hybridized carbons (Fsp3) is 0.250. The van der Waals surface area contributed by atoms with E-state index in [1.807, 2.05) is 5.32 Å². The van der Waals surface area contributed by atoms with Gasteiger partial charge in [0.05, 0.1) is 0 Å². The molecule has 1 heterocycles. The summed E-state index contributed by atoms with van der Waals surface area (Å²) in [6.45, 7) is 3.42. The molecule has 0 spiro atoms. The third-order valence-electron chi connectivity index (χ3n) is 2.52. The maximum atomic E-state index is 12.5. The van der Waals surface area contributed by atoms with Crippen LogP contribution in [0.5, 0.6) is 0 Å². The van der Waals surface area contributed by atoms with Gasteiger partial charge in [0.2, 0.25) is 17.4 Å². The number of halogens is 3.